The number of Topliss-reactive ketones (excluding diaryl/α,β-unsaturated/α-hetero) is 1. The van der Waals surface area contributed by atoms with Crippen LogP contribution in [0.1, 0.15) is 44.9 Å². The number of hydrogen-bond donors (Lipinski definition) is 0. The molecule has 0 aliphatic heterocycles. The highest BCUT2D eigenvalue weighted by Gasteiger charge is 2.47. The quantitative estimate of drug-likeness (QED) is 0.557. The minimum atomic E-state index is 0.499. The van der Waals surface area contributed by atoms with E-state index in [-0.39, 0.29) is 0 Å². The van der Waals surface area contributed by atoms with Crippen molar-refractivity contribution in [3.63, 3.8) is 0 Å². The number of fused-ring (bicyclic) bond motifs is 3. The predicted octanol–water partition coefficient (Wildman–Crippen LogP) is 2.79. The zero-order chi connectivity index (χ0) is 8.84. The summed E-state index contributed by atoms with van der Waals surface area (Å²) in [6.07, 6.45) is 9.00. The van der Waals surface area contributed by atoms with E-state index in [0.717, 1.165) is 24.2 Å². The fourth-order valence-electron chi connectivity index (χ4n) is 4.19. The molecule has 0 amide bonds. The van der Waals surface area contributed by atoms with E-state index >= 15 is 0 Å². The number of carbonyl (C=O) groups is 1. The molecule has 3 rings (SSSR count). The lowest BCUT2D eigenvalue weighted by Gasteiger charge is -2.35. The van der Waals surface area contributed by atoms with Gasteiger partial charge in [-0.1, -0.05) is 12.8 Å². The Morgan fingerprint density at radius 1 is 0.923 bits per heavy atom. The lowest BCUT2D eigenvalue weighted by atomic mass is 9.69. The lowest BCUT2D eigenvalue weighted by Crippen LogP contribution is -2.35. The predicted molar refractivity (Wildman–Crippen MR) is 51.3 cm³/mol. The molecule has 0 bridgehead atoms. The first kappa shape index (κ1) is 8.02. The first-order valence-corrected chi connectivity index (χ1v) is 5.89. The molecule has 0 aromatic rings. The Balaban J connectivity index is 1.88. The Kier molecular flexibility index (Phi) is 1.75. The van der Waals surface area contributed by atoms with Crippen molar-refractivity contribution in [3.8, 4) is 0 Å². The zero-order valence-corrected chi connectivity index (χ0v) is 8.17. The maximum Gasteiger partial charge on any atom is 0.136 e. The molecule has 3 fully saturated rings. The molecule has 4 atom stereocenters. The number of rotatable bonds is 0. The average Bonchev–Trinajstić information content (AvgIpc) is 2.66. The van der Waals surface area contributed by atoms with Crippen LogP contribution in [-0.4, -0.2) is 5.78 Å². The highest BCUT2D eigenvalue weighted by molar-refractivity contribution is 5.82. The van der Waals surface area contributed by atoms with Gasteiger partial charge in [-0.25, -0.2) is 0 Å². The summed E-state index contributed by atoms with van der Waals surface area (Å²) in [5.41, 5.74) is 0. The summed E-state index contributed by atoms with van der Waals surface area (Å²) in [7, 11) is 0. The van der Waals surface area contributed by atoms with Crippen molar-refractivity contribution < 1.29 is 4.79 Å². The van der Waals surface area contributed by atoms with E-state index in [1.807, 2.05) is 0 Å². The maximum atomic E-state index is 11.8. The third-order valence-electron chi connectivity index (χ3n) is 4.71. The fourth-order valence-corrected chi connectivity index (χ4v) is 4.19. The van der Waals surface area contributed by atoms with E-state index in [2.05, 4.69) is 0 Å². The van der Waals surface area contributed by atoms with E-state index in [0.29, 0.717) is 11.7 Å². The summed E-state index contributed by atoms with van der Waals surface area (Å²) in [6, 6.07) is 0. The zero-order valence-electron chi connectivity index (χ0n) is 8.17. The van der Waals surface area contributed by atoms with Crippen molar-refractivity contribution in [2.24, 2.45) is 23.7 Å². The Morgan fingerprint density at radius 3 is 2.62 bits per heavy atom. The Bertz CT molecular complexity index is 233. The molecule has 3 saturated carbocycles. The molecule has 13 heavy (non-hydrogen) atoms. The molecular weight excluding hydrogens is 160 g/mol. The van der Waals surface area contributed by atoms with Gasteiger partial charge in [-0.15, -0.1) is 0 Å². The molecule has 0 spiro atoms. The van der Waals surface area contributed by atoms with Crippen LogP contribution in [0.4, 0.5) is 0 Å². The van der Waals surface area contributed by atoms with Crippen molar-refractivity contribution >= 4 is 5.78 Å². The van der Waals surface area contributed by atoms with Crippen LogP contribution in [0, 0.1) is 23.7 Å². The Morgan fingerprint density at radius 2 is 1.69 bits per heavy atom. The van der Waals surface area contributed by atoms with Crippen molar-refractivity contribution in [2.45, 2.75) is 44.9 Å². The summed E-state index contributed by atoms with van der Waals surface area (Å²) in [5.74, 6) is 3.68. The summed E-state index contributed by atoms with van der Waals surface area (Å²) in [6.45, 7) is 0. The van der Waals surface area contributed by atoms with Crippen LogP contribution in [0.25, 0.3) is 0 Å². The van der Waals surface area contributed by atoms with Gasteiger partial charge in [-0.05, 0) is 43.4 Å². The smallest absolute Gasteiger partial charge is 0.136 e. The third kappa shape index (κ3) is 1.09. The molecule has 0 unspecified atom stereocenters. The molecule has 3 aliphatic rings. The van der Waals surface area contributed by atoms with Crippen LogP contribution in [-0.2, 0) is 4.79 Å². The fraction of sp³-hybridized carbons (Fsp3) is 0.917. The minimum absolute atomic E-state index is 0.499. The van der Waals surface area contributed by atoms with Gasteiger partial charge in [-0.2, -0.15) is 0 Å². The molecule has 72 valence electrons. The second kappa shape index (κ2) is 2.83. The summed E-state index contributed by atoms with van der Waals surface area (Å²) >= 11 is 0. The molecule has 1 heteroatoms. The van der Waals surface area contributed by atoms with Gasteiger partial charge in [-0.3, -0.25) is 4.79 Å². The molecular formula is C12H18O. The van der Waals surface area contributed by atoms with Crippen LogP contribution >= 0.6 is 0 Å². The molecule has 0 heterocycles. The van der Waals surface area contributed by atoms with Crippen LogP contribution in [0.3, 0.4) is 0 Å². The van der Waals surface area contributed by atoms with E-state index in [9.17, 15) is 4.79 Å². The molecule has 1 nitrogen and oxygen atoms in total. The van der Waals surface area contributed by atoms with Gasteiger partial charge in [0.25, 0.3) is 0 Å². The highest BCUT2D eigenvalue weighted by Crippen LogP contribution is 2.52. The standard InChI is InChI=1S/C12H18O/c13-12-7-8-3-1-4-9(8)10-5-2-6-11(10)12/h8-11H,1-7H2/t8-,9+,10+,11+/m1/s1. The number of carbonyl (C=O) groups excluding carboxylic acids is 1. The molecule has 0 saturated heterocycles. The first-order valence-electron chi connectivity index (χ1n) is 5.89. The molecule has 0 aromatic heterocycles. The third-order valence-corrected chi connectivity index (χ3v) is 4.71. The molecule has 0 aromatic carbocycles. The number of ketones is 1. The second-order valence-corrected chi connectivity index (χ2v) is 5.23. The first-order chi connectivity index (χ1) is 6.36. The van der Waals surface area contributed by atoms with Crippen molar-refractivity contribution in [2.75, 3.05) is 0 Å². The van der Waals surface area contributed by atoms with Crippen LogP contribution in [0.15, 0.2) is 0 Å². The van der Waals surface area contributed by atoms with Gasteiger partial charge in [0.15, 0.2) is 0 Å². The Hall–Kier alpha value is -0.330. The van der Waals surface area contributed by atoms with Crippen molar-refractivity contribution in [1.29, 1.82) is 0 Å². The molecule has 0 radical (unpaired) electrons. The topological polar surface area (TPSA) is 17.1 Å². The normalized spacial score (nSPS) is 49.1. The molecule has 3 aliphatic carbocycles. The summed E-state index contributed by atoms with van der Waals surface area (Å²) < 4.78 is 0. The molecule has 0 N–H and O–H groups in total. The Labute approximate surface area is 79.9 Å². The van der Waals surface area contributed by atoms with Gasteiger partial charge in [0, 0.05) is 12.3 Å². The monoisotopic (exact) mass is 178 g/mol. The largest absolute Gasteiger partial charge is 0.299 e. The van der Waals surface area contributed by atoms with Crippen LogP contribution in [0.5, 0.6) is 0 Å². The van der Waals surface area contributed by atoms with E-state index < -0.39 is 0 Å². The van der Waals surface area contributed by atoms with Crippen molar-refractivity contribution in [1.82, 2.24) is 0 Å². The second-order valence-electron chi connectivity index (χ2n) is 5.23. The average molecular weight is 178 g/mol. The van der Waals surface area contributed by atoms with Gasteiger partial charge >= 0.3 is 0 Å². The van der Waals surface area contributed by atoms with E-state index in [4.69, 9.17) is 0 Å². The van der Waals surface area contributed by atoms with Gasteiger partial charge < -0.3 is 0 Å². The van der Waals surface area contributed by atoms with Gasteiger partial charge in [0.2, 0.25) is 0 Å². The van der Waals surface area contributed by atoms with Crippen LogP contribution < -0.4 is 0 Å². The number of hydrogen-bond acceptors (Lipinski definition) is 1. The highest BCUT2D eigenvalue weighted by atomic mass is 16.1. The van der Waals surface area contributed by atoms with Crippen molar-refractivity contribution in [3.05, 3.63) is 0 Å². The van der Waals surface area contributed by atoms with E-state index in [1.165, 1.54) is 38.5 Å². The SMILES string of the molecule is O=C1C[C@H]2CCC[C@@H]2[C@@H]2CCC[C@H]12. The lowest BCUT2D eigenvalue weighted by molar-refractivity contribution is -0.129. The summed E-state index contributed by atoms with van der Waals surface area (Å²) in [4.78, 5) is 11.8. The van der Waals surface area contributed by atoms with Gasteiger partial charge in [0.1, 0.15) is 5.78 Å². The summed E-state index contributed by atoms with van der Waals surface area (Å²) in [5, 5.41) is 0. The van der Waals surface area contributed by atoms with E-state index in [1.54, 1.807) is 0 Å². The van der Waals surface area contributed by atoms with Gasteiger partial charge in [0.05, 0.1) is 0 Å². The van der Waals surface area contributed by atoms with Crippen LogP contribution in [0.2, 0.25) is 0 Å². The maximum absolute atomic E-state index is 11.8. The minimum Gasteiger partial charge on any atom is -0.299 e.